The Kier molecular flexibility index (Phi) is 7.89. The highest BCUT2D eigenvalue weighted by Gasteiger charge is 2.02. The Morgan fingerprint density at radius 1 is 1.19 bits per heavy atom. The molecule has 116 valence electrons. The maximum absolute atomic E-state index is 11.7. The molecule has 0 aliphatic rings. The number of carboxylic acids is 1. The summed E-state index contributed by atoms with van der Waals surface area (Å²) in [7, 11) is 1.87. The summed E-state index contributed by atoms with van der Waals surface area (Å²) in [4.78, 5) is 22.0. The molecule has 6 nitrogen and oxygen atoms in total. The average Bonchev–Trinajstić information content (AvgIpc) is 2.43. The van der Waals surface area contributed by atoms with Crippen molar-refractivity contribution in [3.63, 3.8) is 0 Å². The van der Waals surface area contributed by atoms with Gasteiger partial charge in [0.15, 0.2) is 0 Å². The molecule has 0 aliphatic heterocycles. The zero-order chi connectivity index (χ0) is 15.5. The van der Waals surface area contributed by atoms with E-state index in [2.05, 4.69) is 16.0 Å². The van der Waals surface area contributed by atoms with Crippen LogP contribution in [0.1, 0.15) is 31.2 Å². The number of nitrogens with one attached hydrogen (secondary N) is 3. The normalized spacial score (nSPS) is 10.1. The highest BCUT2D eigenvalue weighted by Crippen LogP contribution is 2.10. The van der Waals surface area contributed by atoms with Crippen LogP contribution >= 0.6 is 0 Å². The largest absolute Gasteiger partial charge is 0.481 e. The summed E-state index contributed by atoms with van der Waals surface area (Å²) in [6, 6.07) is 7.40. The number of carbonyl (C=O) groups is 2. The lowest BCUT2D eigenvalue weighted by molar-refractivity contribution is -0.137. The van der Waals surface area contributed by atoms with Crippen LogP contribution in [0.25, 0.3) is 0 Å². The van der Waals surface area contributed by atoms with Crippen LogP contribution in [0.3, 0.4) is 0 Å². The fraction of sp³-hybridized carbons (Fsp3) is 0.467. The van der Waals surface area contributed by atoms with Crippen LogP contribution in [0.4, 0.5) is 10.5 Å². The summed E-state index contributed by atoms with van der Waals surface area (Å²) in [5, 5.41) is 17.1. The molecule has 6 heteroatoms. The molecule has 0 unspecified atom stereocenters. The third-order valence-corrected chi connectivity index (χ3v) is 2.92. The first-order valence-electron chi connectivity index (χ1n) is 7.12. The molecule has 0 radical (unpaired) electrons. The standard InChI is InChI=1S/C15H23N3O3/c1-16-11-12-6-5-7-13(10-12)18-15(21)17-9-4-2-3-8-14(19)20/h5-7,10,16H,2-4,8-9,11H2,1H3,(H,19,20)(H2,17,18,21). The lowest BCUT2D eigenvalue weighted by Gasteiger charge is -2.09. The second-order valence-corrected chi connectivity index (χ2v) is 4.82. The molecule has 0 heterocycles. The lowest BCUT2D eigenvalue weighted by Crippen LogP contribution is -2.29. The van der Waals surface area contributed by atoms with Crippen molar-refractivity contribution in [2.45, 2.75) is 32.2 Å². The van der Waals surface area contributed by atoms with Crippen LogP contribution in [0, 0.1) is 0 Å². The molecule has 1 rings (SSSR count). The monoisotopic (exact) mass is 293 g/mol. The molecule has 0 aliphatic carbocycles. The first-order valence-corrected chi connectivity index (χ1v) is 7.12. The third-order valence-electron chi connectivity index (χ3n) is 2.92. The van der Waals surface area contributed by atoms with Gasteiger partial charge in [0.25, 0.3) is 0 Å². The number of hydrogen-bond donors (Lipinski definition) is 4. The Morgan fingerprint density at radius 2 is 2.00 bits per heavy atom. The van der Waals surface area contributed by atoms with Gasteiger partial charge < -0.3 is 21.1 Å². The van der Waals surface area contributed by atoms with Gasteiger partial charge in [0, 0.05) is 25.2 Å². The Bertz CT molecular complexity index is 463. The van der Waals surface area contributed by atoms with Gasteiger partial charge in [0.1, 0.15) is 0 Å². The molecule has 0 bridgehead atoms. The summed E-state index contributed by atoms with van der Waals surface area (Å²) in [5.74, 6) is -0.776. The zero-order valence-electron chi connectivity index (χ0n) is 12.3. The Labute approximate surface area is 124 Å². The van der Waals surface area contributed by atoms with E-state index >= 15 is 0 Å². The summed E-state index contributed by atoms with van der Waals surface area (Å²) in [6.45, 7) is 1.29. The van der Waals surface area contributed by atoms with Crippen LogP contribution < -0.4 is 16.0 Å². The number of rotatable bonds is 9. The molecular weight excluding hydrogens is 270 g/mol. The highest BCUT2D eigenvalue weighted by molar-refractivity contribution is 5.89. The summed E-state index contributed by atoms with van der Waals surface area (Å²) >= 11 is 0. The maximum atomic E-state index is 11.7. The van der Waals surface area contributed by atoms with Crippen molar-refractivity contribution in [1.82, 2.24) is 10.6 Å². The van der Waals surface area contributed by atoms with Crippen LogP contribution in [0.2, 0.25) is 0 Å². The van der Waals surface area contributed by atoms with Crippen molar-refractivity contribution in [1.29, 1.82) is 0 Å². The number of urea groups is 1. The third kappa shape index (κ3) is 7.94. The minimum atomic E-state index is -0.776. The van der Waals surface area contributed by atoms with E-state index in [-0.39, 0.29) is 12.5 Å². The van der Waals surface area contributed by atoms with Gasteiger partial charge >= 0.3 is 12.0 Å². The van der Waals surface area contributed by atoms with Crippen LogP contribution in [0.15, 0.2) is 24.3 Å². The summed E-state index contributed by atoms with van der Waals surface area (Å²) in [6.07, 6.45) is 2.40. The van der Waals surface area contributed by atoms with E-state index in [1.807, 2.05) is 31.3 Å². The van der Waals surface area contributed by atoms with Gasteiger partial charge in [-0.1, -0.05) is 18.6 Å². The molecule has 1 aromatic carbocycles. The van der Waals surface area contributed by atoms with Crippen molar-refractivity contribution in [3.05, 3.63) is 29.8 Å². The van der Waals surface area contributed by atoms with Gasteiger partial charge in [0.05, 0.1) is 0 Å². The molecule has 2 amide bonds. The number of hydrogen-bond acceptors (Lipinski definition) is 3. The Hall–Kier alpha value is -2.08. The van der Waals surface area contributed by atoms with Crippen LogP contribution in [-0.2, 0) is 11.3 Å². The molecule has 0 spiro atoms. The fourth-order valence-electron chi connectivity index (χ4n) is 1.92. The van der Waals surface area contributed by atoms with Gasteiger partial charge in [0.2, 0.25) is 0 Å². The first-order chi connectivity index (χ1) is 10.1. The van der Waals surface area contributed by atoms with Crippen molar-refractivity contribution in [2.24, 2.45) is 0 Å². The van der Waals surface area contributed by atoms with E-state index in [1.54, 1.807) is 0 Å². The lowest BCUT2D eigenvalue weighted by atomic mass is 10.2. The average molecular weight is 293 g/mol. The number of benzene rings is 1. The van der Waals surface area contributed by atoms with E-state index in [9.17, 15) is 9.59 Å². The predicted molar refractivity (Wildman–Crippen MR) is 82.3 cm³/mol. The first kappa shape index (κ1) is 17.0. The van der Waals surface area contributed by atoms with Crippen molar-refractivity contribution < 1.29 is 14.7 Å². The number of anilines is 1. The predicted octanol–water partition coefficient (Wildman–Crippen LogP) is 2.17. The Morgan fingerprint density at radius 3 is 2.71 bits per heavy atom. The quantitative estimate of drug-likeness (QED) is 0.525. The molecule has 4 N–H and O–H groups in total. The second-order valence-electron chi connectivity index (χ2n) is 4.82. The zero-order valence-corrected chi connectivity index (χ0v) is 12.3. The van der Waals surface area contributed by atoms with Crippen molar-refractivity contribution in [2.75, 3.05) is 18.9 Å². The maximum Gasteiger partial charge on any atom is 0.319 e. The van der Waals surface area contributed by atoms with Gasteiger partial charge in [-0.15, -0.1) is 0 Å². The SMILES string of the molecule is CNCc1cccc(NC(=O)NCCCCCC(=O)O)c1. The van der Waals surface area contributed by atoms with Crippen LogP contribution in [0.5, 0.6) is 0 Å². The van der Waals surface area contributed by atoms with E-state index in [0.717, 1.165) is 30.6 Å². The molecule has 0 saturated carbocycles. The van der Waals surface area contributed by atoms with Crippen molar-refractivity contribution in [3.8, 4) is 0 Å². The molecule has 0 saturated heterocycles. The second kappa shape index (κ2) is 9.77. The van der Waals surface area contributed by atoms with E-state index < -0.39 is 5.97 Å². The van der Waals surface area contributed by atoms with Gasteiger partial charge in [-0.2, -0.15) is 0 Å². The summed E-state index contributed by atoms with van der Waals surface area (Å²) in [5.41, 5.74) is 1.86. The molecule has 21 heavy (non-hydrogen) atoms. The van der Waals surface area contributed by atoms with Gasteiger partial charge in [-0.05, 0) is 37.6 Å². The number of carbonyl (C=O) groups excluding carboxylic acids is 1. The van der Waals surface area contributed by atoms with E-state index in [1.165, 1.54) is 0 Å². The number of amides is 2. The molecule has 1 aromatic rings. The number of aliphatic carboxylic acids is 1. The van der Waals surface area contributed by atoms with E-state index in [0.29, 0.717) is 13.0 Å². The topological polar surface area (TPSA) is 90.5 Å². The van der Waals surface area contributed by atoms with Gasteiger partial charge in [-0.25, -0.2) is 4.79 Å². The van der Waals surface area contributed by atoms with Crippen molar-refractivity contribution >= 4 is 17.7 Å². The Balaban J connectivity index is 2.21. The molecule has 0 fully saturated rings. The fourth-order valence-corrected chi connectivity index (χ4v) is 1.92. The summed E-state index contributed by atoms with van der Waals surface area (Å²) < 4.78 is 0. The minimum absolute atomic E-state index is 0.185. The minimum Gasteiger partial charge on any atom is -0.481 e. The smallest absolute Gasteiger partial charge is 0.319 e. The number of carboxylic acid groups (broad SMARTS) is 1. The van der Waals surface area contributed by atoms with Crippen LogP contribution in [-0.4, -0.2) is 30.7 Å². The number of unbranched alkanes of at least 4 members (excludes halogenated alkanes) is 2. The van der Waals surface area contributed by atoms with Gasteiger partial charge in [-0.3, -0.25) is 4.79 Å². The molecule has 0 atom stereocenters. The highest BCUT2D eigenvalue weighted by atomic mass is 16.4. The molecular formula is C15H23N3O3. The molecule has 0 aromatic heterocycles. The van der Waals surface area contributed by atoms with E-state index in [4.69, 9.17) is 5.11 Å².